The third kappa shape index (κ3) is 1.98. The third-order valence-electron chi connectivity index (χ3n) is 1.54. The average Bonchev–Trinajstić information content (AvgIpc) is 2.34. The number of imidazole rings is 1. The Bertz CT molecular complexity index is 277. The first kappa shape index (κ1) is 8.58. The monoisotopic (exact) mass is 167 g/mol. The number of hydrogen-bond donors (Lipinski definition) is 4. The zero-order chi connectivity index (χ0) is 9.14. The van der Waals surface area contributed by atoms with E-state index in [9.17, 15) is 0 Å². The molecule has 0 aromatic carbocycles. The fourth-order valence-electron chi connectivity index (χ4n) is 0.966. The molecule has 0 aliphatic rings. The Morgan fingerprint density at radius 2 is 2.50 bits per heavy atom. The molecule has 0 saturated carbocycles. The highest BCUT2D eigenvalue weighted by molar-refractivity contribution is 5.74. The van der Waals surface area contributed by atoms with E-state index in [1.165, 1.54) is 0 Å². The molecule has 0 aliphatic carbocycles. The Morgan fingerprint density at radius 3 is 2.92 bits per heavy atom. The van der Waals surface area contributed by atoms with Crippen molar-refractivity contribution in [3.05, 3.63) is 17.7 Å². The summed E-state index contributed by atoms with van der Waals surface area (Å²) in [5.74, 6) is 0.824. The van der Waals surface area contributed by atoms with Crippen LogP contribution in [-0.4, -0.2) is 15.9 Å². The van der Waals surface area contributed by atoms with Crippen LogP contribution in [0.25, 0.3) is 0 Å². The van der Waals surface area contributed by atoms with Crippen LogP contribution < -0.4 is 11.1 Å². The Labute approximate surface area is 70.9 Å². The van der Waals surface area contributed by atoms with E-state index in [1.54, 1.807) is 6.20 Å². The van der Waals surface area contributed by atoms with Crippen LogP contribution >= 0.6 is 0 Å². The van der Waals surface area contributed by atoms with Gasteiger partial charge in [0.05, 0.1) is 11.7 Å². The van der Waals surface area contributed by atoms with Gasteiger partial charge in [0.25, 0.3) is 0 Å². The maximum atomic E-state index is 7.01. The smallest absolute Gasteiger partial charge is 0.186 e. The van der Waals surface area contributed by atoms with Gasteiger partial charge in [-0.1, -0.05) is 0 Å². The van der Waals surface area contributed by atoms with Crippen molar-refractivity contribution < 1.29 is 0 Å². The number of nitrogens with two attached hydrogens (primary N) is 1. The Hall–Kier alpha value is -1.52. The van der Waals surface area contributed by atoms with E-state index in [2.05, 4.69) is 15.3 Å². The molecule has 0 saturated heterocycles. The first-order valence-corrected chi connectivity index (χ1v) is 3.72. The van der Waals surface area contributed by atoms with Crippen molar-refractivity contribution in [3.8, 4) is 0 Å². The van der Waals surface area contributed by atoms with E-state index in [-0.39, 0.29) is 12.0 Å². The van der Waals surface area contributed by atoms with Crippen LogP contribution in [-0.2, 0) is 0 Å². The van der Waals surface area contributed by atoms with E-state index in [1.807, 2.05) is 13.8 Å². The second-order valence-corrected chi connectivity index (χ2v) is 2.69. The van der Waals surface area contributed by atoms with Crippen LogP contribution in [0.3, 0.4) is 0 Å². The summed E-state index contributed by atoms with van der Waals surface area (Å²) in [4.78, 5) is 7.15. The summed E-state index contributed by atoms with van der Waals surface area (Å²) in [7, 11) is 0. The predicted octanol–water partition coefficient (Wildman–Crippen LogP) is 0.262. The first-order valence-electron chi connectivity index (χ1n) is 3.72. The summed E-state index contributed by atoms with van der Waals surface area (Å²) < 4.78 is 0. The maximum absolute atomic E-state index is 7.01. The zero-order valence-electron chi connectivity index (χ0n) is 7.18. The van der Waals surface area contributed by atoms with E-state index < -0.39 is 0 Å². The van der Waals surface area contributed by atoms with Crippen molar-refractivity contribution >= 4 is 5.96 Å². The number of aromatic nitrogens is 2. The quantitative estimate of drug-likeness (QED) is 0.376. The lowest BCUT2D eigenvalue weighted by Crippen LogP contribution is -2.32. The van der Waals surface area contributed by atoms with Crippen molar-refractivity contribution in [1.29, 1.82) is 5.41 Å². The van der Waals surface area contributed by atoms with Gasteiger partial charge in [-0.15, -0.1) is 0 Å². The van der Waals surface area contributed by atoms with E-state index in [0.29, 0.717) is 0 Å². The van der Waals surface area contributed by atoms with Gasteiger partial charge in [0.1, 0.15) is 5.82 Å². The maximum Gasteiger partial charge on any atom is 0.186 e. The lowest BCUT2D eigenvalue weighted by atomic mass is 10.2. The third-order valence-corrected chi connectivity index (χ3v) is 1.54. The van der Waals surface area contributed by atoms with Gasteiger partial charge in [0.15, 0.2) is 5.96 Å². The number of guanidine groups is 1. The second kappa shape index (κ2) is 3.25. The minimum Gasteiger partial charge on any atom is -0.370 e. The van der Waals surface area contributed by atoms with Gasteiger partial charge in [0, 0.05) is 6.20 Å². The molecule has 0 fully saturated rings. The van der Waals surface area contributed by atoms with Gasteiger partial charge in [0.2, 0.25) is 0 Å². The zero-order valence-corrected chi connectivity index (χ0v) is 7.18. The number of nitrogens with one attached hydrogen (secondary N) is 3. The van der Waals surface area contributed by atoms with Crippen LogP contribution in [0.5, 0.6) is 0 Å². The lowest BCUT2D eigenvalue weighted by molar-refractivity contribution is 0.688. The number of aromatic amines is 1. The van der Waals surface area contributed by atoms with Crippen molar-refractivity contribution in [2.24, 2.45) is 5.73 Å². The number of aryl methyl sites for hydroxylation is 1. The number of H-pyrrole nitrogens is 1. The molecule has 1 unspecified atom stereocenters. The first-order chi connectivity index (χ1) is 5.59. The summed E-state index contributed by atoms with van der Waals surface area (Å²) in [5, 5.41) is 9.76. The van der Waals surface area contributed by atoms with Crippen molar-refractivity contribution in [2.75, 3.05) is 0 Å². The summed E-state index contributed by atoms with van der Waals surface area (Å²) in [6.07, 6.45) is 1.80. The molecule has 0 aliphatic heterocycles. The SMILES string of the molecule is Cc1nc(C(C)NC(=N)N)c[nH]1. The second-order valence-electron chi connectivity index (χ2n) is 2.69. The number of hydrogen-bond acceptors (Lipinski definition) is 2. The summed E-state index contributed by atoms with van der Waals surface area (Å²) in [6, 6.07) is -0.0209. The summed E-state index contributed by atoms with van der Waals surface area (Å²) >= 11 is 0. The van der Waals surface area contributed by atoms with Crippen molar-refractivity contribution in [3.63, 3.8) is 0 Å². The number of rotatable bonds is 2. The molecule has 1 heterocycles. The Kier molecular flexibility index (Phi) is 2.32. The van der Waals surface area contributed by atoms with E-state index in [4.69, 9.17) is 11.1 Å². The predicted molar refractivity (Wildman–Crippen MR) is 46.8 cm³/mol. The van der Waals surface area contributed by atoms with E-state index in [0.717, 1.165) is 11.5 Å². The molecule has 0 spiro atoms. The molecule has 12 heavy (non-hydrogen) atoms. The van der Waals surface area contributed by atoms with Crippen molar-refractivity contribution in [1.82, 2.24) is 15.3 Å². The van der Waals surface area contributed by atoms with Gasteiger partial charge >= 0.3 is 0 Å². The normalized spacial score (nSPS) is 12.5. The largest absolute Gasteiger partial charge is 0.370 e. The fraction of sp³-hybridized carbons (Fsp3) is 0.429. The van der Waals surface area contributed by atoms with Gasteiger partial charge < -0.3 is 16.0 Å². The highest BCUT2D eigenvalue weighted by Gasteiger charge is 2.07. The molecule has 1 aromatic rings. The molecule has 1 atom stereocenters. The minimum atomic E-state index is -0.0387. The summed E-state index contributed by atoms with van der Waals surface area (Å²) in [6.45, 7) is 3.78. The molecule has 0 bridgehead atoms. The van der Waals surface area contributed by atoms with E-state index >= 15 is 0 Å². The molecule has 1 aromatic heterocycles. The fourth-order valence-corrected chi connectivity index (χ4v) is 0.966. The molecule has 66 valence electrons. The molecule has 5 N–H and O–H groups in total. The van der Waals surface area contributed by atoms with Crippen LogP contribution in [0, 0.1) is 12.3 Å². The topological polar surface area (TPSA) is 90.6 Å². The molecule has 0 radical (unpaired) electrons. The lowest BCUT2D eigenvalue weighted by Gasteiger charge is -2.09. The molecular weight excluding hydrogens is 154 g/mol. The van der Waals surface area contributed by atoms with Gasteiger partial charge in [-0.05, 0) is 13.8 Å². The van der Waals surface area contributed by atoms with Crippen LogP contribution in [0.4, 0.5) is 0 Å². The molecule has 0 amide bonds. The molecule has 5 heteroatoms. The van der Waals surface area contributed by atoms with Crippen LogP contribution in [0.2, 0.25) is 0 Å². The summed E-state index contributed by atoms with van der Waals surface area (Å²) in [5.41, 5.74) is 6.04. The van der Waals surface area contributed by atoms with Gasteiger partial charge in [-0.3, -0.25) is 5.41 Å². The highest BCUT2D eigenvalue weighted by Crippen LogP contribution is 2.07. The number of nitrogens with zero attached hydrogens (tertiary/aromatic N) is 1. The van der Waals surface area contributed by atoms with Gasteiger partial charge in [-0.2, -0.15) is 0 Å². The highest BCUT2D eigenvalue weighted by atomic mass is 15.1. The average molecular weight is 167 g/mol. The minimum absolute atomic E-state index is 0.0209. The van der Waals surface area contributed by atoms with Gasteiger partial charge in [-0.25, -0.2) is 4.98 Å². The molecular formula is C7H13N5. The van der Waals surface area contributed by atoms with Crippen molar-refractivity contribution in [2.45, 2.75) is 19.9 Å². The Morgan fingerprint density at radius 1 is 1.83 bits per heavy atom. The van der Waals surface area contributed by atoms with Crippen LogP contribution in [0.1, 0.15) is 24.5 Å². The standard InChI is InChI=1S/C7H13N5/c1-4(11-7(8)9)6-3-10-5(2)12-6/h3-4H,1-2H3,(H,10,12)(H4,8,9,11). The van der Waals surface area contributed by atoms with Crippen LogP contribution in [0.15, 0.2) is 6.20 Å². The Balaban J connectivity index is 2.64. The molecule has 5 nitrogen and oxygen atoms in total. The molecule has 1 rings (SSSR count).